The minimum atomic E-state index is -1.01. The van der Waals surface area contributed by atoms with Gasteiger partial charge in [-0.05, 0) is 26.3 Å². The second-order valence-corrected chi connectivity index (χ2v) is 3.22. The lowest BCUT2D eigenvalue weighted by atomic mass is 10.2. The summed E-state index contributed by atoms with van der Waals surface area (Å²) in [7, 11) is 0. The SMILES string of the molecule is C[C@@H](NC(=O)C1CCCN1)C(=O)O. The van der Waals surface area contributed by atoms with E-state index in [9.17, 15) is 9.59 Å². The molecule has 5 nitrogen and oxygen atoms in total. The van der Waals surface area contributed by atoms with Crippen molar-refractivity contribution >= 4 is 11.9 Å². The third-order valence-electron chi connectivity index (χ3n) is 2.11. The number of hydrogen-bond acceptors (Lipinski definition) is 3. The largest absolute Gasteiger partial charge is 0.480 e. The van der Waals surface area contributed by atoms with Crippen LogP contribution in [0.3, 0.4) is 0 Å². The molecule has 1 unspecified atom stereocenters. The Morgan fingerprint density at radius 1 is 1.62 bits per heavy atom. The van der Waals surface area contributed by atoms with Crippen LogP contribution in [0.5, 0.6) is 0 Å². The second kappa shape index (κ2) is 4.23. The highest BCUT2D eigenvalue weighted by Gasteiger charge is 2.24. The van der Waals surface area contributed by atoms with E-state index in [0.29, 0.717) is 0 Å². The number of carbonyl (C=O) groups is 2. The third-order valence-corrected chi connectivity index (χ3v) is 2.11. The molecule has 0 bridgehead atoms. The summed E-state index contributed by atoms with van der Waals surface area (Å²) >= 11 is 0. The Labute approximate surface area is 76.5 Å². The predicted octanol–water partition coefficient (Wildman–Crippen LogP) is -0.672. The third kappa shape index (κ3) is 2.69. The Morgan fingerprint density at radius 3 is 2.77 bits per heavy atom. The number of nitrogens with one attached hydrogen (secondary N) is 2. The summed E-state index contributed by atoms with van der Waals surface area (Å²) in [6.07, 6.45) is 1.76. The first kappa shape index (κ1) is 9.98. The first-order valence-electron chi connectivity index (χ1n) is 4.38. The van der Waals surface area contributed by atoms with Gasteiger partial charge in [-0.1, -0.05) is 0 Å². The van der Waals surface area contributed by atoms with Gasteiger partial charge in [-0.2, -0.15) is 0 Å². The smallest absolute Gasteiger partial charge is 0.325 e. The number of rotatable bonds is 3. The van der Waals surface area contributed by atoms with Gasteiger partial charge in [-0.3, -0.25) is 9.59 Å². The van der Waals surface area contributed by atoms with Crippen molar-refractivity contribution in [3.8, 4) is 0 Å². The fourth-order valence-corrected chi connectivity index (χ4v) is 1.28. The van der Waals surface area contributed by atoms with Gasteiger partial charge in [-0.25, -0.2) is 0 Å². The van der Waals surface area contributed by atoms with Crippen molar-refractivity contribution < 1.29 is 14.7 Å². The average Bonchev–Trinajstić information content (AvgIpc) is 2.55. The zero-order chi connectivity index (χ0) is 9.84. The van der Waals surface area contributed by atoms with Crippen molar-refractivity contribution in [3.05, 3.63) is 0 Å². The van der Waals surface area contributed by atoms with Gasteiger partial charge >= 0.3 is 5.97 Å². The highest BCUT2D eigenvalue weighted by Crippen LogP contribution is 2.04. The average molecular weight is 186 g/mol. The molecule has 0 aromatic rings. The fourth-order valence-electron chi connectivity index (χ4n) is 1.28. The summed E-state index contributed by atoms with van der Waals surface area (Å²) in [6, 6.07) is -1.02. The summed E-state index contributed by atoms with van der Waals surface area (Å²) in [5, 5.41) is 14.0. The van der Waals surface area contributed by atoms with Crippen LogP contribution in [0.15, 0.2) is 0 Å². The molecule has 1 amide bonds. The monoisotopic (exact) mass is 186 g/mol. The molecule has 0 saturated carbocycles. The van der Waals surface area contributed by atoms with Crippen LogP contribution in [-0.4, -0.2) is 35.6 Å². The zero-order valence-corrected chi connectivity index (χ0v) is 7.54. The van der Waals surface area contributed by atoms with Crippen molar-refractivity contribution in [2.24, 2.45) is 0 Å². The minimum Gasteiger partial charge on any atom is -0.480 e. The van der Waals surface area contributed by atoms with E-state index < -0.39 is 12.0 Å². The molecule has 0 aromatic heterocycles. The van der Waals surface area contributed by atoms with Gasteiger partial charge in [0.15, 0.2) is 0 Å². The Balaban J connectivity index is 2.35. The van der Waals surface area contributed by atoms with Crippen molar-refractivity contribution in [2.45, 2.75) is 31.8 Å². The quantitative estimate of drug-likeness (QED) is 0.546. The van der Waals surface area contributed by atoms with Gasteiger partial charge in [-0.15, -0.1) is 0 Å². The summed E-state index contributed by atoms with van der Waals surface area (Å²) in [5.74, 6) is -1.22. The number of carboxylic acid groups (broad SMARTS) is 1. The van der Waals surface area contributed by atoms with Gasteiger partial charge in [0.1, 0.15) is 6.04 Å². The van der Waals surface area contributed by atoms with E-state index in [1.54, 1.807) is 0 Å². The lowest BCUT2D eigenvalue weighted by Gasteiger charge is -2.13. The lowest BCUT2D eigenvalue weighted by molar-refractivity contribution is -0.141. The highest BCUT2D eigenvalue weighted by atomic mass is 16.4. The Morgan fingerprint density at radius 2 is 2.31 bits per heavy atom. The van der Waals surface area contributed by atoms with E-state index >= 15 is 0 Å². The van der Waals surface area contributed by atoms with Crippen LogP contribution < -0.4 is 10.6 Å². The number of aliphatic carboxylic acids is 1. The maximum absolute atomic E-state index is 11.3. The van der Waals surface area contributed by atoms with Crippen LogP contribution in [0.4, 0.5) is 0 Å². The van der Waals surface area contributed by atoms with E-state index in [1.165, 1.54) is 6.92 Å². The van der Waals surface area contributed by atoms with Gasteiger partial charge in [0.05, 0.1) is 6.04 Å². The normalized spacial score (nSPS) is 23.9. The van der Waals surface area contributed by atoms with E-state index in [2.05, 4.69) is 10.6 Å². The van der Waals surface area contributed by atoms with E-state index in [1.807, 2.05) is 0 Å². The molecule has 1 saturated heterocycles. The van der Waals surface area contributed by atoms with Crippen LogP contribution in [0, 0.1) is 0 Å². The summed E-state index contributed by atoms with van der Waals surface area (Å²) in [6.45, 7) is 2.29. The molecular formula is C8H14N2O3. The molecule has 0 aromatic carbocycles. The van der Waals surface area contributed by atoms with Crippen LogP contribution >= 0.6 is 0 Å². The maximum Gasteiger partial charge on any atom is 0.325 e. The molecular weight excluding hydrogens is 172 g/mol. The van der Waals surface area contributed by atoms with Gasteiger partial charge < -0.3 is 15.7 Å². The number of carboxylic acids is 1. The molecule has 0 aliphatic carbocycles. The lowest BCUT2D eigenvalue weighted by Crippen LogP contribution is -2.46. The molecule has 2 atom stereocenters. The topological polar surface area (TPSA) is 78.4 Å². The van der Waals surface area contributed by atoms with Crippen molar-refractivity contribution in [2.75, 3.05) is 6.54 Å². The molecule has 1 aliphatic heterocycles. The van der Waals surface area contributed by atoms with Gasteiger partial charge in [0, 0.05) is 0 Å². The number of carbonyl (C=O) groups excluding carboxylic acids is 1. The molecule has 1 aliphatic rings. The fraction of sp³-hybridized carbons (Fsp3) is 0.750. The second-order valence-electron chi connectivity index (χ2n) is 3.22. The maximum atomic E-state index is 11.3. The predicted molar refractivity (Wildman–Crippen MR) is 46.3 cm³/mol. The molecule has 1 heterocycles. The van der Waals surface area contributed by atoms with Crippen LogP contribution in [0.2, 0.25) is 0 Å². The van der Waals surface area contributed by atoms with Crippen LogP contribution in [0.1, 0.15) is 19.8 Å². The summed E-state index contributed by atoms with van der Waals surface area (Å²) in [5.41, 5.74) is 0. The standard InChI is InChI=1S/C8H14N2O3/c1-5(8(12)13)10-7(11)6-3-2-4-9-6/h5-6,9H,2-4H2,1H3,(H,10,11)(H,12,13)/t5-,6?/m1/s1. The first-order chi connectivity index (χ1) is 6.11. The highest BCUT2D eigenvalue weighted by molar-refractivity contribution is 5.86. The Kier molecular flexibility index (Phi) is 3.25. The molecule has 13 heavy (non-hydrogen) atoms. The van der Waals surface area contributed by atoms with Gasteiger partial charge in [0.25, 0.3) is 0 Å². The minimum absolute atomic E-state index is 0.207. The Hall–Kier alpha value is -1.10. The van der Waals surface area contributed by atoms with Gasteiger partial charge in [0.2, 0.25) is 5.91 Å². The summed E-state index contributed by atoms with van der Waals surface area (Å²) < 4.78 is 0. The number of amides is 1. The molecule has 74 valence electrons. The van der Waals surface area contributed by atoms with Crippen LogP contribution in [-0.2, 0) is 9.59 Å². The van der Waals surface area contributed by atoms with Crippen molar-refractivity contribution in [1.82, 2.24) is 10.6 Å². The zero-order valence-electron chi connectivity index (χ0n) is 7.54. The van der Waals surface area contributed by atoms with Crippen molar-refractivity contribution in [1.29, 1.82) is 0 Å². The molecule has 1 rings (SSSR count). The van der Waals surface area contributed by atoms with Crippen LogP contribution in [0.25, 0.3) is 0 Å². The van der Waals surface area contributed by atoms with E-state index in [0.717, 1.165) is 19.4 Å². The summed E-state index contributed by atoms with van der Waals surface area (Å²) in [4.78, 5) is 21.7. The molecule has 3 N–H and O–H groups in total. The first-order valence-corrected chi connectivity index (χ1v) is 4.38. The number of hydrogen-bond donors (Lipinski definition) is 3. The molecule has 0 radical (unpaired) electrons. The van der Waals surface area contributed by atoms with E-state index in [-0.39, 0.29) is 11.9 Å². The molecule has 0 spiro atoms. The molecule has 5 heteroatoms. The van der Waals surface area contributed by atoms with E-state index in [4.69, 9.17) is 5.11 Å². The van der Waals surface area contributed by atoms with Crippen molar-refractivity contribution in [3.63, 3.8) is 0 Å². The molecule has 1 fully saturated rings. The Bertz CT molecular complexity index is 211.